The summed E-state index contributed by atoms with van der Waals surface area (Å²) in [5, 5.41) is 0.546. The van der Waals surface area contributed by atoms with Gasteiger partial charge in [-0.1, -0.05) is 17.8 Å². The van der Waals surface area contributed by atoms with Gasteiger partial charge in [0.15, 0.2) is 11.0 Å². The van der Waals surface area contributed by atoms with Gasteiger partial charge < -0.3 is 4.98 Å². The Balaban J connectivity index is 1.84. The smallest absolute Gasteiger partial charge is 0.166 e. The highest BCUT2D eigenvalue weighted by atomic mass is 32.2. The molecule has 6 heteroatoms. The standard InChI is InChI=1S/C13H9F2N3S/c14-8-5-10(15)12-11(6-8)17-13(18-12)19-7-9-3-1-2-4-16-9/h1-6H,7H2,(H,17,18). The predicted octanol–water partition coefficient (Wildman–Crippen LogP) is 3.53. The van der Waals surface area contributed by atoms with Crippen LogP contribution in [0.25, 0.3) is 11.0 Å². The van der Waals surface area contributed by atoms with E-state index in [9.17, 15) is 8.78 Å². The molecule has 0 bridgehead atoms. The molecule has 1 aromatic carbocycles. The first-order valence-corrected chi connectivity index (χ1v) is 6.58. The highest BCUT2D eigenvalue weighted by molar-refractivity contribution is 7.98. The number of nitrogens with zero attached hydrogens (tertiary/aromatic N) is 2. The van der Waals surface area contributed by atoms with E-state index in [0.29, 0.717) is 16.4 Å². The molecular weight excluding hydrogens is 268 g/mol. The van der Waals surface area contributed by atoms with Crippen LogP contribution in [0.4, 0.5) is 8.78 Å². The average molecular weight is 277 g/mol. The molecule has 0 unspecified atom stereocenters. The van der Waals surface area contributed by atoms with Crippen LogP contribution in [0.5, 0.6) is 0 Å². The fourth-order valence-electron chi connectivity index (χ4n) is 1.71. The minimum Gasteiger partial charge on any atom is -0.333 e. The van der Waals surface area contributed by atoms with E-state index in [1.54, 1.807) is 6.20 Å². The summed E-state index contributed by atoms with van der Waals surface area (Å²) in [5.41, 5.74) is 1.42. The summed E-state index contributed by atoms with van der Waals surface area (Å²) in [4.78, 5) is 11.2. The molecule has 0 aliphatic heterocycles. The first-order valence-electron chi connectivity index (χ1n) is 5.60. The average Bonchev–Trinajstić information content (AvgIpc) is 2.81. The first-order chi connectivity index (χ1) is 9.22. The van der Waals surface area contributed by atoms with E-state index >= 15 is 0 Å². The lowest BCUT2D eigenvalue weighted by Gasteiger charge is -1.96. The molecule has 96 valence electrons. The van der Waals surface area contributed by atoms with Crippen molar-refractivity contribution in [2.45, 2.75) is 10.9 Å². The van der Waals surface area contributed by atoms with Gasteiger partial charge in [0, 0.05) is 18.0 Å². The number of imidazole rings is 1. The number of aromatic nitrogens is 3. The van der Waals surface area contributed by atoms with Crippen LogP contribution < -0.4 is 0 Å². The topological polar surface area (TPSA) is 41.6 Å². The van der Waals surface area contributed by atoms with E-state index in [0.717, 1.165) is 11.8 Å². The third-order valence-corrected chi connectivity index (χ3v) is 3.47. The second-order valence-corrected chi connectivity index (χ2v) is 4.90. The predicted molar refractivity (Wildman–Crippen MR) is 69.8 cm³/mol. The lowest BCUT2D eigenvalue weighted by molar-refractivity contribution is 0.590. The zero-order valence-corrected chi connectivity index (χ0v) is 10.5. The van der Waals surface area contributed by atoms with Gasteiger partial charge >= 0.3 is 0 Å². The molecule has 0 amide bonds. The van der Waals surface area contributed by atoms with E-state index in [2.05, 4.69) is 15.0 Å². The summed E-state index contributed by atoms with van der Waals surface area (Å²) >= 11 is 1.40. The normalized spacial score (nSPS) is 11.1. The number of pyridine rings is 1. The van der Waals surface area contributed by atoms with Crippen molar-refractivity contribution < 1.29 is 8.78 Å². The maximum absolute atomic E-state index is 13.5. The third kappa shape index (κ3) is 2.58. The molecule has 0 saturated carbocycles. The van der Waals surface area contributed by atoms with Crippen molar-refractivity contribution in [2.24, 2.45) is 0 Å². The lowest BCUT2D eigenvalue weighted by atomic mass is 10.3. The number of hydrogen-bond donors (Lipinski definition) is 1. The van der Waals surface area contributed by atoms with Crippen molar-refractivity contribution in [3.8, 4) is 0 Å². The Bertz CT molecular complexity index is 712. The second kappa shape index (κ2) is 4.97. The minimum absolute atomic E-state index is 0.157. The van der Waals surface area contributed by atoms with Gasteiger partial charge in [-0.15, -0.1) is 0 Å². The molecule has 3 aromatic rings. The Labute approximate surface area is 112 Å². The highest BCUT2D eigenvalue weighted by Crippen LogP contribution is 2.24. The molecular formula is C13H9F2N3S. The summed E-state index contributed by atoms with van der Waals surface area (Å²) in [7, 11) is 0. The van der Waals surface area contributed by atoms with Crippen molar-refractivity contribution in [3.63, 3.8) is 0 Å². The molecule has 0 atom stereocenters. The number of fused-ring (bicyclic) bond motifs is 1. The monoisotopic (exact) mass is 277 g/mol. The molecule has 2 heterocycles. The Morgan fingerprint density at radius 3 is 2.89 bits per heavy atom. The molecule has 1 N–H and O–H groups in total. The van der Waals surface area contributed by atoms with E-state index < -0.39 is 11.6 Å². The van der Waals surface area contributed by atoms with E-state index in [1.165, 1.54) is 17.8 Å². The van der Waals surface area contributed by atoms with E-state index in [1.807, 2.05) is 18.2 Å². The van der Waals surface area contributed by atoms with E-state index in [4.69, 9.17) is 0 Å². The van der Waals surface area contributed by atoms with Gasteiger partial charge in [-0.25, -0.2) is 13.8 Å². The largest absolute Gasteiger partial charge is 0.333 e. The van der Waals surface area contributed by atoms with Crippen molar-refractivity contribution in [3.05, 3.63) is 53.9 Å². The van der Waals surface area contributed by atoms with Gasteiger partial charge in [-0.2, -0.15) is 0 Å². The van der Waals surface area contributed by atoms with Gasteiger partial charge in [0.05, 0.1) is 11.2 Å². The fraction of sp³-hybridized carbons (Fsp3) is 0.0769. The number of nitrogens with one attached hydrogen (secondary N) is 1. The summed E-state index contributed by atoms with van der Waals surface area (Å²) in [5.74, 6) is -0.657. The maximum atomic E-state index is 13.5. The van der Waals surface area contributed by atoms with Gasteiger partial charge in [-0.3, -0.25) is 4.98 Å². The molecule has 3 nitrogen and oxygen atoms in total. The number of thioether (sulfide) groups is 1. The second-order valence-electron chi connectivity index (χ2n) is 3.94. The zero-order chi connectivity index (χ0) is 13.2. The van der Waals surface area contributed by atoms with Gasteiger partial charge in [0.25, 0.3) is 0 Å². The first kappa shape index (κ1) is 12.1. The quantitative estimate of drug-likeness (QED) is 0.745. The zero-order valence-electron chi connectivity index (χ0n) is 9.73. The van der Waals surface area contributed by atoms with Crippen molar-refractivity contribution in [1.29, 1.82) is 0 Å². The van der Waals surface area contributed by atoms with Crippen LogP contribution in [0.3, 0.4) is 0 Å². The molecule has 2 aromatic heterocycles. The van der Waals surface area contributed by atoms with Crippen molar-refractivity contribution >= 4 is 22.8 Å². The van der Waals surface area contributed by atoms with Gasteiger partial charge in [0.1, 0.15) is 11.3 Å². The van der Waals surface area contributed by atoms with Crippen LogP contribution >= 0.6 is 11.8 Å². The van der Waals surface area contributed by atoms with Crippen molar-refractivity contribution in [1.82, 2.24) is 15.0 Å². The van der Waals surface area contributed by atoms with E-state index in [-0.39, 0.29) is 5.52 Å². The summed E-state index contributed by atoms with van der Waals surface area (Å²) in [6.45, 7) is 0. The fourth-order valence-corrected chi connectivity index (χ4v) is 2.51. The SMILES string of the molecule is Fc1cc(F)c2nc(SCc3ccccn3)[nH]c2c1. The number of aromatic amines is 1. The highest BCUT2D eigenvalue weighted by Gasteiger charge is 2.10. The Morgan fingerprint density at radius 2 is 2.11 bits per heavy atom. The number of benzene rings is 1. The van der Waals surface area contributed by atoms with Crippen LogP contribution in [-0.4, -0.2) is 15.0 Å². The van der Waals surface area contributed by atoms with Gasteiger partial charge in [0.2, 0.25) is 0 Å². The van der Waals surface area contributed by atoms with Crippen LogP contribution in [0, 0.1) is 11.6 Å². The molecule has 19 heavy (non-hydrogen) atoms. The molecule has 0 saturated heterocycles. The number of halogens is 2. The van der Waals surface area contributed by atoms with Crippen molar-refractivity contribution in [2.75, 3.05) is 0 Å². The Kier molecular flexibility index (Phi) is 3.16. The van der Waals surface area contributed by atoms with Crippen LogP contribution in [0.15, 0.2) is 41.7 Å². The number of rotatable bonds is 3. The van der Waals surface area contributed by atoms with Crippen LogP contribution in [0.1, 0.15) is 5.69 Å². The lowest BCUT2D eigenvalue weighted by Crippen LogP contribution is -1.85. The molecule has 3 rings (SSSR count). The van der Waals surface area contributed by atoms with Crippen LogP contribution in [0.2, 0.25) is 0 Å². The molecule has 0 aliphatic rings. The number of H-pyrrole nitrogens is 1. The van der Waals surface area contributed by atoms with Gasteiger partial charge in [-0.05, 0) is 18.2 Å². The number of hydrogen-bond acceptors (Lipinski definition) is 3. The Hall–Kier alpha value is -1.95. The molecule has 0 spiro atoms. The molecule has 0 radical (unpaired) electrons. The third-order valence-electron chi connectivity index (χ3n) is 2.57. The summed E-state index contributed by atoms with van der Waals surface area (Å²) in [6.07, 6.45) is 1.71. The Morgan fingerprint density at radius 1 is 1.21 bits per heavy atom. The molecule has 0 aliphatic carbocycles. The summed E-state index contributed by atoms with van der Waals surface area (Å²) in [6, 6.07) is 7.70. The van der Waals surface area contributed by atoms with Crippen LogP contribution in [-0.2, 0) is 5.75 Å². The molecule has 0 fully saturated rings. The summed E-state index contributed by atoms with van der Waals surface area (Å²) < 4.78 is 26.5. The maximum Gasteiger partial charge on any atom is 0.166 e. The minimum atomic E-state index is -0.657.